The second kappa shape index (κ2) is 5.87. The number of aliphatic hydroxyl groups excluding tert-OH is 1. The quantitative estimate of drug-likeness (QED) is 0.825. The number of carbonyl (C=O) groups excluding carboxylic acids is 1. The predicted molar refractivity (Wildman–Crippen MR) is 72.1 cm³/mol. The van der Waals surface area contributed by atoms with E-state index in [1.165, 1.54) is 4.90 Å². The van der Waals surface area contributed by atoms with E-state index >= 15 is 0 Å². The lowest BCUT2D eigenvalue weighted by Gasteiger charge is -2.39. The van der Waals surface area contributed by atoms with E-state index in [4.69, 9.17) is 4.74 Å². The van der Waals surface area contributed by atoms with Crippen LogP contribution in [0.2, 0.25) is 0 Å². The van der Waals surface area contributed by atoms with Crippen molar-refractivity contribution in [1.82, 2.24) is 9.88 Å². The Balaban J connectivity index is 2.10. The third-order valence-corrected chi connectivity index (χ3v) is 3.60. The highest BCUT2D eigenvalue weighted by Crippen LogP contribution is 2.22. The molecular formula is C14H20N2O4. The van der Waals surface area contributed by atoms with Gasteiger partial charge in [0.05, 0.1) is 24.0 Å². The number of β-amino-alcohol motifs (C(OH)–C–C–N with tert-alkyl or cyclic N) is 1. The Morgan fingerprint density at radius 1 is 1.60 bits per heavy atom. The van der Waals surface area contributed by atoms with E-state index in [0.29, 0.717) is 31.0 Å². The first-order chi connectivity index (χ1) is 9.44. The third kappa shape index (κ3) is 3.15. The molecule has 2 atom stereocenters. The molecule has 0 aliphatic carbocycles. The largest absolute Gasteiger partial charge is 0.388 e. The van der Waals surface area contributed by atoms with Gasteiger partial charge in [-0.25, -0.2) is 4.98 Å². The van der Waals surface area contributed by atoms with Crippen molar-refractivity contribution >= 4 is 5.91 Å². The predicted octanol–water partition coefficient (Wildman–Crippen LogP) is 0.186. The zero-order valence-corrected chi connectivity index (χ0v) is 11.7. The lowest BCUT2D eigenvalue weighted by molar-refractivity contribution is -0.1000. The van der Waals surface area contributed by atoms with E-state index in [-0.39, 0.29) is 12.5 Å². The van der Waals surface area contributed by atoms with Gasteiger partial charge in [0.15, 0.2) is 0 Å². The molecule has 0 spiro atoms. The molecular weight excluding hydrogens is 260 g/mol. The van der Waals surface area contributed by atoms with Crippen molar-refractivity contribution in [3.05, 3.63) is 29.6 Å². The molecule has 2 N–H and O–H groups in total. The normalized spacial score (nSPS) is 26.6. The summed E-state index contributed by atoms with van der Waals surface area (Å²) in [7, 11) is 1.57. The molecule has 1 aliphatic rings. The zero-order chi connectivity index (χ0) is 14.8. The Hall–Kier alpha value is -1.50. The molecule has 0 radical (unpaired) electrons. The molecule has 20 heavy (non-hydrogen) atoms. The third-order valence-electron chi connectivity index (χ3n) is 3.60. The molecule has 6 nitrogen and oxygen atoms in total. The SMILES string of the molecule is COCc1cccc(C(=O)N2CC[C@](C)(O)[C@H](O)C2)n1. The van der Waals surface area contributed by atoms with Crippen molar-refractivity contribution in [2.75, 3.05) is 20.2 Å². The van der Waals surface area contributed by atoms with Crippen LogP contribution in [0.4, 0.5) is 0 Å². The van der Waals surface area contributed by atoms with Gasteiger partial charge in [-0.05, 0) is 25.5 Å². The van der Waals surface area contributed by atoms with Crippen LogP contribution >= 0.6 is 0 Å². The maximum atomic E-state index is 12.3. The standard InChI is InChI=1S/C14H20N2O4/c1-14(19)6-7-16(8-12(14)17)13(18)11-5-3-4-10(15-11)9-20-2/h3-5,12,17,19H,6-9H2,1-2H3/t12-,14+/m1/s1. The van der Waals surface area contributed by atoms with Crippen LogP contribution in [0.3, 0.4) is 0 Å². The molecule has 1 fully saturated rings. The topological polar surface area (TPSA) is 82.9 Å². The van der Waals surface area contributed by atoms with E-state index in [1.54, 1.807) is 32.2 Å². The Kier molecular flexibility index (Phi) is 4.37. The summed E-state index contributed by atoms with van der Waals surface area (Å²) in [6.45, 7) is 2.44. The maximum Gasteiger partial charge on any atom is 0.272 e. The van der Waals surface area contributed by atoms with Crippen molar-refractivity contribution < 1.29 is 19.7 Å². The molecule has 1 aliphatic heterocycles. The molecule has 0 unspecified atom stereocenters. The molecule has 2 rings (SSSR count). The fourth-order valence-corrected chi connectivity index (χ4v) is 2.20. The minimum absolute atomic E-state index is 0.113. The van der Waals surface area contributed by atoms with Crippen LogP contribution in [-0.4, -0.2) is 57.9 Å². The smallest absolute Gasteiger partial charge is 0.272 e. The monoisotopic (exact) mass is 280 g/mol. The summed E-state index contributed by atoms with van der Waals surface area (Å²) in [5.41, 5.74) is -0.126. The molecule has 0 bridgehead atoms. The van der Waals surface area contributed by atoms with Crippen molar-refractivity contribution in [3.63, 3.8) is 0 Å². The van der Waals surface area contributed by atoms with Gasteiger partial charge in [0.25, 0.3) is 5.91 Å². The molecule has 0 aromatic carbocycles. The first kappa shape index (κ1) is 14.9. The number of nitrogens with zero attached hydrogens (tertiary/aromatic N) is 2. The minimum Gasteiger partial charge on any atom is -0.388 e. The number of aliphatic hydroxyl groups is 2. The molecule has 2 heterocycles. The number of carbonyl (C=O) groups is 1. The Morgan fingerprint density at radius 2 is 2.35 bits per heavy atom. The van der Waals surface area contributed by atoms with Crippen LogP contribution in [0.1, 0.15) is 29.5 Å². The average Bonchev–Trinajstić information content (AvgIpc) is 2.42. The van der Waals surface area contributed by atoms with Crippen molar-refractivity contribution in [3.8, 4) is 0 Å². The summed E-state index contributed by atoms with van der Waals surface area (Å²) >= 11 is 0. The number of aromatic nitrogens is 1. The molecule has 1 aromatic heterocycles. The van der Waals surface area contributed by atoms with Gasteiger partial charge in [-0.3, -0.25) is 4.79 Å². The lowest BCUT2D eigenvalue weighted by Crippen LogP contribution is -2.55. The molecule has 6 heteroatoms. The van der Waals surface area contributed by atoms with Gasteiger partial charge in [-0.1, -0.05) is 6.07 Å². The summed E-state index contributed by atoms with van der Waals surface area (Å²) in [4.78, 5) is 18.1. The van der Waals surface area contributed by atoms with E-state index in [9.17, 15) is 15.0 Å². The van der Waals surface area contributed by atoms with Crippen LogP contribution in [0, 0.1) is 0 Å². The van der Waals surface area contributed by atoms with Crippen molar-refractivity contribution in [2.45, 2.75) is 31.7 Å². The molecule has 1 saturated heterocycles. The van der Waals surface area contributed by atoms with Crippen LogP contribution < -0.4 is 0 Å². The number of amides is 1. The number of ether oxygens (including phenoxy) is 1. The summed E-state index contributed by atoms with van der Waals surface area (Å²) in [6, 6.07) is 5.18. The zero-order valence-electron chi connectivity index (χ0n) is 11.7. The average molecular weight is 280 g/mol. The first-order valence-corrected chi connectivity index (χ1v) is 6.58. The number of methoxy groups -OCH3 is 1. The maximum absolute atomic E-state index is 12.3. The highest BCUT2D eigenvalue weighted by atomic mass is 16.5. The number of hydrogen-bond acceptors (Lipinski definition) is 5. The Morgan fingerprint density at radius 3 is 3.00 bits per heavy atom. The van der Waals surface area contributed by atoms with Gasteiger partial charge in [0.2, 0.25) is 0 Å². The minimum atomic E-state index is -1.14. The summed E-state index contributed by atoms with van der Waals surface area (Å²) < 4.78 is 4.99. The van der Waals surface area contributed by atoms with Crippen LogP contribution in [-0.2, 0) is 11.3 Å². The van der Waals surface area contributed by atoms with Gasteiger partial charge in [0, 0.05) is 20.2 Å². The van der Waals surface area contributed by atoms with Crippen LogP contribution in [0.25, 0.3) is 0 Å². The molecule has 0 saturated carbocycles. The van der Waals surface area contributed by atoms with E-state index in [2.05, 4.69) is 4.98 Å². The number of piperidine rings is 1. The highest BCUT2D eigenvalue weighted by Gasteiger charge is 2.38. The summed E-state index contributed by atoms with van der Waals surface area (Å²) in [5, 5.41) is 19.8. The van der Waals surface area contributed by atoms with Crippen molar-refractivity contribution in [2.24, 2.45) is 0 Å². The number of likely N-dealkylation sites (tertiary alicyclic amines) is 1. The number of rotatable bonds is 3. The van der Waals surface area contributed by atoms with Gasteiger partial charge in [-0.2, -0.15) is 0 Å². The van der Waals surface area contributed by atoms with Gasteiger partial charge < -0.3 is 19.8 Å². The number of hydrogen-bond donors (Lipinski definition) is 2. The van der Waals surface area contributed by atoms with Crippen LogP contribution in [0.15, 0.2) is 18.2 Å². The van der Waals surface area contributed by atoms with Gasteiger partial charge in [0.1, 0.15) is 5.69 Å². The van der Waals surface area contributed by atoms with E-state index < -0.39 is 11.7 Å². The Bertz CT molecular complexity index is 490. The summed E-state index contributed by atoms with van der Waals surface area (Å²) in [6.07, 6.45) is -0.597. The van der Waals surface area contributed by atoms with Gasteiger partial charge in [-0.15, -0.1) is 0 Å². The summed E-state index contributed by atoms with van der Waals surface area (Å²) in [5.74, 6) is -0.238. The molecule has 1 aromatic rings. The second-order valence-corrected chi connectivity index (χ2v) is 5.32. The highest BCUT2D eigenvalue weighted by molar-refractivity contribution is 5.92. The Labute approximate surface area is 118 Å². The molecule has 1 amide bonds. The van der Waals surface area contributed by atoms with Crippen LogP contribution in [0.5, 0.6) is 0 Å². The molecule has 110 valence electrons. The van der Waals surface area contributed by atoms with Gasteiger partial charge >= 0.3 is 0 Å². The van der Waals surface area contributed by atoms with Crippen molar-refractivity contribution in [1.29, 1.82) is 0 Å². The van der Waals surface area contributed by atoms with E-state index in [0.717, 1.165) is 0 Å². The number of pyridine rings is 1. The fraction of sp³-hybridized carbons (Fsp3) is 0.571. The fourth-order valence-electron chi connectivity index (χ4n) is 2.20. The lowest BCUT2D eigenvalue weighted by atomic mass is 9.90. The van der Waals surface area contributed by atoms with E-state index in [1.807, 2.05) is 0 Å². The second-order valence-electron chi connectivity index (χ2n) is 5.32. The first-order valence-electron chi connectivity index (χ1n) is 6.58.